The Bertz CT molecular complexity index is 879. The zero-order valence-corrected chi connectivity index (χ0v) is 13.5. The first-order valence-electron chi connectivity index (χ1n) is 8.34. The van der Waals surface area contributed by atoms with Gasteiger partial charge >= 0.3 is 0 Å². The molecule has 0 N–H and O–H groups in total. The van der Waals surface area contributed by atoms with Crippen LogP contribution in [0.3, 0.4) is 0 Å². The van der Waals surface area contributed by atoms with E-state index in [1.165, 1.54) is 0 Å². The second-order valence-corrected chi connectivity index (χ2v) is 6.53. The van der Waals surface area contributed by atoms with Crippen LogP contribution in [-0.2, 0) is 11.8 Å². The highest BCUT2D eigenvalue weighted by Gasteiger charge is 2.35. The van der Waals surface area contributed by atoms with Gasteiger partial charge < -0.3 is 9.64 Å². The third-order valence-electron chi connectivity index (χ3n) is 4.89. The van der Waals surface area contributed by atoms with E-state index in [-0.39, 0.29) is 0 Å². The van der Waals surface area contributed by atoms with Crippen molar-refractivity contribution in [2.75, 3.05) is 18.0 Å². The molecule has 2 fully saturated rings. The molecule has 2 atom stereocenters. The number of morpholine rings is 1. The van der Waals surface area contributed by atoms with E-state index in [4.69, 9.17) is 14.7 Å². The Morgan fingerprint density at radius 3 is 2.62 bits per heavy atom. The van der Waals surface area contributed by atoms with Crippen LogP contribution in [0.1, 0.15) is 12.8 Å². The largest absolute Gasteiger partial charge is 0.371 e. The zero-order valence-electron chi connectivity index (χ0n) is 13.5. The Kier molecular flexibility index (Phi) is 3.06. The maximum atomic E-state index is 5.97. The number of aryl methyl sites for hydroxylation is 1. The molecule has 1 radical (unpaired) electrons. The van der Waals surface area contributed by atoms with Crippen LogP contribution in [-0.4, -0.2) is 45.0 Å². The standard InChI is InChI=1S/C18H18N5O/c1-22-17-15(9-19-22)18(23-10-13-7-8-14(11-23)24-13)21-16(20-17)12-5-3-2-4-6-12/h3-6,9,13-14H,7-8,10-11H2,1H3. The van der Waals surface area contributed by atoms with Gasteiger partial charge in [-0.15, -0.1) is 0 Å². The molecule has 2 aliphatic rings. The van der Waals surface area contributed by atoms with Crippen molar-refractivity contribution in [3.63, 3.8) is 0 Å². The summed E-state index contributed by atoms with van der Waals surface area (Å²) in [6.45, 7) is 1.78. The Balaban J connectivity index is 1.66. The van der Waals surface area contributed by atoms with Crippen molar-refractivity contribution in [2.45, 2.75) is 25.0 Å². The van der Waals surface area contributed by atoms with Gasteiger partial charge in [0.25, 0.3) is 0 Å². The second-order valence-electron chi connectivity index (χ2n) is 6.53. The fraction of sp³-hybridized carbons (Fsp3) is 0.389. The molecule has 3 aromatic rings. The molecule has 2 bridgehead atoms. The van der Waals surface area contributed by atoms with Crippen molar-refractivity contribution in [1.82, 2.24) is 19.7 Å². The highest BCUT2D eigenvalue weighted by molar-refractivity contribution is 5.88. The molecule has 2 saturated heterocycles. The molecule has 24 heavy (non-hydrogen) atoms. The minimum absolute atomic E-state index is 0.320. The lowest BCUT2D eigenvalue weighted by atomic mass is 10.2. The highest BCUT2D eigenvalue weighted by Crippen LogP contribution is 2.33. The van der Waals surface area contributed by atoms with Gasteiger partial charge in [-0.3, -0.25) is 4.68 Å². The van der Waals surface area contributed by atoms with E-state index in [0.29, 0.717) is 12.2 Å². The topological polar surface area (TPSA) is 56.1 Å². The SMILES string of the molecule is Cn1ncc2c(N3CC4CCC(C3)O4)nc(-c3cc[c]cc3)nc21. The Morgan fingerprint density at radius 1 is 1.12 bits per heavy atom. The van der Waals surface area contributed by atoms with Gasteiger partial charge in [0.2, 0.25) is 0 Å². The van der Waals surface area contributed by atoms with Crippen LogP contribution in [0.25, 0.3) is 22.4 Å². The minimum Gasteiger partial charge on any atom is -0.371 e. The fourth-order valence-corrected chi connectivity index (χ4v) is 3.70. The number of aromatic nitrogens is 4. The molecule has 2 unspecified atom stereocenters. The monoisotopic (exact) mass is 320 g/mol. The number of hydrogen-bond acceptors (Lipinski definition) is 5. The van der Waals surface area contributed by atoms with Crippen molar-refractivity contribution in [3.05, 3.63) is 36.5 Å². The molecule has 1 aromatic carbocycles. The van der Waals surface area contributed by atoms with Gasteiger partial charge in [-0.1, -0.05) is 24.3 Å². The second kappa shape index (κ2) is 5.27. The molecule has 121 valence electrons. The molecule has 4 heterocycles. The van der Waals surface area contributed by atoms with E-state index in [1.54, 1.807) is 0 Å². The summed E-state index contributed by atoms with van der Waals surface area (Å²) in [6.07, 6.45) is 4.79. The first kappa shape index (κ1) is 13.9. The summed E-state index contributed by atoms with van der Waals surface area (Å²) in [5.74, 6) is 1.70. The number of hydrogen-bond donors (Lipinski definition) is 0. The van der Waals surface area contributed by atoms with E-state index in [2.05, 4.69) is 16.1 Å². The Labute approximate surface area is 140 Å². The normalized spacial score (nSPS) is 23.1. The first-order chi connectivity index (χ1) is 11.8. The molecule has 6 heteroatoms. The number of benzene rings is 1. The van der Waals surface area contributed by atoms with E-state index in [1.807, 2.05) is 42.2 Å². The number of nitrogens with zero attached hydrogens (tertiary/aromatic N) is 5. The Morgan fingerprint density at radius 2 is 1.88 bits per heavy atom. The summed E-state index contributed by atoms with van der Waals surface area (Å²) in [6, 6.07) is 10.8. The van der Waals surface area contributed by atoms with E-state index < -0.39 is 0 Å². The maximum Gasteiger partial charge on any atom is 0.163 e. The summed E-state index contributed by atoms with van der Waals surface area (Å²) in [4.78, 5) is 12.0. The summed E-state index contributed by atoms with van der Waals surface area (Å²) >= 11 is 0. The summed E-state index contributed by atoms with van der Waals surface area (Å²) in [5, 5.41) is 5.39. The van der Waals surface area contributed by atoms with Gasteiger partial charge in [0.15, 0.2) is 11.5 Å². The molecule has 2 aliphatic heterocycles. The van der Waals surface area contributed by atoms with E-state index in [9.17, 15) is 0 Å². The summed E-state index contributed by atoms with van der Waals surface area (Å²) < 4.78 is 7.78. The van der Waals surface area contributed by atoms with Crippen LogP contribution < -0.4 is 4.90 Å². The molecule has 2 aromatic heterocycles. The van der Waals surface area contributed by atoms with Crippen LogP contribution in [0.5, 0.6) is 0 Å². The van der Waals surface area contributed by atoms with Crippen LogP contribution in [0, 0.1) is 6.07 Å². The average Bonchev–Trinajstić information content (AvgIpc) is 3.17. The predicted molar refractivity (Wildman–Crippen MR) is 90.7 cm³/mol. The number of anilines is 1. The Hall–Kier alpha value is -2.47. The summed E-state index contributed by atoms with van der Waals surface area (Å²) in [7, 11) is 1.92. The van der Waals surface area contributed by atoms with Gasteiger partial charge in [-0.2, -0.15) is 5.10 Å². The highest BCUT2D eigenvalue weighted by atomic mass is 16.5. The van der Waals surface area contributed by atoms with Gasteiger partial charge in [0.05, 0.1) is 23.8 Å². The molecule has 0 amide bonds. The van der Waals surface area contributed by atoms with Crippen molar-refractivity contribution < 1.29 is 4.74 Å². The lowest BCUT2D eigenvalue weighted by Crippen LogP contribution is -2.43. The summed E-state index contributed by atoms with van der Waals surface area (Å²) in [5.41, 5.74) is 1.86. The number of rotatable bonds is 2. The molecule has 6 nitrogen and oxygen atoms in total. The van der Waals surface area contributed by atoms with Crippen LogP contribution in [0.15, 0.2) is 30.5 Å². The van der Waals surface area contributed by atoms with Gasteiger partial charge in [-0.05, 0) is 18.9 Å². The first-order valence-corrected chi connectivity index (χ1v) is 8.34. The third-order valence-corrected chi connectivity index (χ3v) is 4.89. The number of ether oxygens (including phenoxy) is 1. The lowest BCUT2D eigenvalue weighted by molar-refractivity contribution is 0.0303. The molecule has 5 rings (SSSR count). The molecule has 0 saturated carbocycles. The van der Waals surface area contributed by atoms with Crippen molar-refractivity contribution in [1.29, 1.82) is 0 Å². The number of fused-ring (bicyclic) bond motifs is 3. The van der Waals surface area contributed by atoms with Gasteiger partial charge in [0, 0.05) is 25.7 Å². The predicted octanol–water partition coefficient (Wildman–Crippen LogP) is 2.20. The third kappa shape index (κ3) is 2.17. The molecular formula is C18H18N5O. The zero-order chi connectivity index (χ0) is 16.1. The lowest BCUT2D eigenvalue weighted by Gasteiger charge is -2.33. The molecular weight excluding hydrogens is 302 g/mol. The van der Waals surface area contributed by atoms with Gasteiger partial charge in [-0.25, -0.2) is 9.97 Å². The average molecular weight is 320 g/mol. The smallest absolute Gasteiger partial charge is 0.163 e. The van der Waals surface area contributed by atoms with Crippen molar-refractivity contribution in [3.8, 4) is 11.4 Å². The van der Waals surface area contributed by atoms with Crippen molar-refractivity contribution in [2.24, 2.45) is 7.05 Å². The molecule has 0 spiro atoms. The van der Waals surface area contributed by atoms with E-state index in [0.717, 1.165) is 54.2 Å². The van der Waals surface area contributed by atoms with E-state index >= 15 is 0 Å². The fourth-order valence-electron chi connectivity index (χ4n) is 3.70. The van der Waals surface area contributed by atoms with Gasteiger partial charge in [0.1, 0.15) is 5.82 Å². The quantitative estimate of drug-likeness (QED) is 0.724. The van der Waals surface area contributed by atoms with Crippen LogP contribution >= 0.6 is 0 Å². The van der Waals surface area contributed by atoms with Crippen molar-refractivity contribution >= 4 is 16.9 Å². The minimum atomic E-state index is 0.320. The van der Waals surface area contributed by atoms with Crippen LogP contribution in [0.4, 0.5) is 5.82 Å². The molecule has 0 aliphatic carbocycles. The van der Waals surface area contributed by atoms with Crippen LogP contribution in [0.2, 0.25) is 0 Å². The maximum absolute atomic E-state index is 5.97.